The van der Waals surface area contributed by atoms with Gasteiger partial charge < -0.3 is 5.11 Å². The standard InChI is InChI=1S/C25H26N2O3S/c26-17-23-25(24(18-28)27(23)31(29,30)22-9-5-2-6-10-22)21-15-13-20(14-16-21)12-11-19-7-3-1-4-8-19/h2,5-6,9-10,13-16,19,23-25,28H,1,3-4,7-8,18H2/t23-,24+,25+/m1/s1. The van der Waals surface area contributed by atoms with Gasteiger partial charge in [0.2, 0.25) is 10.0 Å². The summed E-state index contributed by atoms with van der Waals surface area (Å²) in [5.41, 5.74) is 1.75. The maximum atomic E-state index is 13.1. The number of nitrogens with zero attached hydrogens (tertiary/aromatic N) is 2. The van der Waals surface area contributed by atoms with Crippen LogP contribution in [-0.2, 0) is 10.0 Å². The molecule has 0 unspecified atom stereocenters. The number of aliphatic hydroxyl groups excluding tert-OH is 1. The molecule has 0 amide bonds. The van der Waals surface area contributed by atoms with Gasteiger partial charge >= 0.3 is 0 Å². The first-order valence-electron chi connectivity index (χ1n) is 10.8. The van der Waals surface area contributed by atoms with E-state index in [1.807, 2.05) is 24.3 Å². The van der Waals surface area contributed by atoms with Crippen LogP contribution in [0.25, 0.3) is 0 Å². The van der Waals surface area contributed by atoms with Gasteiger partial charge in [-0.15, -0.1) is 0 Å². The van der Waals surface area contributed by atoms with E-state index in [-0.39, 0.29) is 17.4 Å². The molecule has 2 fully saturated rings. The quantitative estimate of drug-likeness (QED) is 0.745. The Hall–Kier alpha value is -2.64. The van der Waals surface area contributed by atoms with Crippen molar-refractivity contribution in [3.63, 3.8) is 0 Å². The highest BCUT2D eigenvalue weighted by atomic mass is 32.2. The fourth-order valence-electron chi connectivity index (χ4n) is 4.63. The first kappa shape index (κ1) is 21.6. The van der Waals surface area contributed by atoms with Crippen molar-refractivity contribution < 1.29 is 13.5 Å². The van der Waals surface area contributed by atoms with Crippen LogP contribution in [0.4, 0.5) is 0 Å². The molecule has 1 N–H and O–H groups in total. The third-order valence-electron chi connectivity index (χ3n) is 6.32. The van der Waals surface area contributed by atoms with Gasteiger partial charge in [-0.25, -0.2) is 8.42 Å². The summed E-state index contributed by atoms with van der Waals surface area (Å²) in [6.07, 6.45) is 6.14. The lowest BCUT2D eigenvalue weighted by atomic mass is 9.78. The molecule has 160 valence electrons. The average Bonchev–Trinajstić information content (AvgIpc) is 2.79. The van der Waals surface area contributed by atoms with Gasteiger partial charge in [-0.2, -0.15) is 9.57 Å². The number of nitriles is 1. The van der Waals surface area contributed by atoms with Crippen LogP contribution in [0, 0.1) is 29.1 Å². The zero-order valence-corrected chi connectivity index (χ0v) is 18.1. The van der Waals surface area contributed by atoms with Crippen molar-refractivity contribution in [2.75, 3.05) is 6.61 Å². The summed E-state index contributed by atoms with van der Waals surface area (Å²) in [5.74, 6) is 6.71. The highest BCUT2D eigenvalue weighted by Gasteiger charge is 2.55. The summed E-state index contributed by atoms with van der Waals surface area (Å²) < 4.78 is 27.3. The van der Waals surface area contributed by atoms with Gasteiger partial charge in [-0.3, -0.25) is 0 Å². The van der Waals surface area contributed by atoms with Crippen molar-refractivity contribution in [1.82, 2.24) is 4.31 Å². The Morgan fingerprint density at radius 1 is 1.00 bits per heavy atom. The molecule has 1 heterocycles. The lowest BCUT2D eigenvalue weighted by Gasteiger charge is -2.50. The summed E-state index contributed by atoms with van der Waals surface area (Å²) in [7, 11) is -3.87. The zero-order chi connectivity index (χ0) is 21.8. The minimum Gasteiger partial charge on any atom is -0.395 e. The molecule has 2 aliphatic rings. The minimum absolute atomic E-state index is 0.125. The Balaban J connectivity index is 1.54. The van der Waals surface area contributed by atoms with Crippen molar-refractivity contribution >= 4 is 10.0 Å². The summed E-state index contributed by atoms with van der Waals surface area (Å²) >= 11 is 0. The van der Waals surface area contributed by atoms with Crippen LogP contribution in [0.15, 0.2) is 59.5 Å². The van der Waals surface area contributed by atoms with E-state index < -0.39 is 22.1 Å². The van der Waals surface area contributed by atoms with Gasteiger partial charge in [0.15, 0.2) is 0 Å². The minimum atomic E-state index is -3.87. The highest BCUT2D eigenvalue weighted by molar-refractivity contribution is 7.89. The number of hydrogen-bond acceptors (Lipinski definition) is 4. The zero-order valence-electron chi connectivity index (χ0n) is 17.3. The van der Waals surface area contributed by atoms with E-state index in [1.165, 1.54) is 44.2 Å². The van der Waals surface area contributed by atoms with Crippen molar-refractivity contribution in [2.45, 2.75) is 55.0 Å². The molecule has 6 heteroatoms. The first-order chi connectivity index (χ1) is 15.1. The van der Waals surface area contributed by atoms with E-state index in [9.17, 15) is 18.8 Å². The van der Waals surface area contributed by atoms with E-state index >= 15 is 0 Å². The number of benzene rings is 2. The normalized spacial score (nSPS) is 24.5. The maximum Gasteiger partial charge on any atom is 0.244 e. The second-order valence-electron chi connectivity index (χ2n) is 8.22. The molecule has 1 saturated heterocycles. The van der Waals surface area contributed by atoms with Gasteiger partial charge in [-0.05, 0) is 42.7 Å². The molecular formula is C25H26N2O3S. The molecule has 1 saturated carbocycles. The predicted molar refractivity (Wildman–Crippen MR) is 118 cm³/mol. The Labute approximate surface area is 184 Å². The fraction of sp³-hybridized carbons (Fsp3) is 0.400. The molecule has 5 nitrogen and oxygen atoms in total. The van der Waals surface area contributed by atoms with E-state index in [1.54, 1.807) is 18.2 Å². The van der Waals surface area contributed by atoms with Crippen LogP contribution >= 0.6 is 0 Å². The van der Waals surface area contributed by atoms with Gasteiger partial charge in [0.25, 0.3) is 0 Å². The largest absolute Gasteiger partial charge is 0.395 e. The molecule has 31 heavy (non-hydrogen) atoms. The second-order valence-corrected chi connectivity index (χ2v) is 10.1. The monoisotopic (exact) mass is 434 g/mol. The summed E-state index contributed by atoms with van der Waals surface area (Å²) in [6, 6.07) is 16.3. The first-order valence-corrected chi connectivity index (χ1v) is 12.2. The SMILES string of the molecule is N#C[C@@H]1[C@H](c2ccc(C#CC3CCCCC3)cc2)[C@H](CO)N1S(=O)(=O)c1ccccc1. The lowest BCUT2D eigenvalue weighted by Crippen LogP contribution is -2.64. The molecule has 2 aromatic carbocycles. The van der Waals surface area contributed by atoms with Crippen molar-refractivity contribution in [1.29, 1.82) is 5.26 Å². The molecular weight excluding hydrogens is 408 g/mol. The molecule has 4 rings (SSSR count). The lowest BCUT2D eigenvalue weighted by molar-refractivity contribution is 0.0557. The molecule has 2 aromatic rings. The molecule has 0 spiro atoms. The summed E-state index contributed by atoms with van der Waals surface area (Å²) in [6.45, 7) is -0.349. The number of hydrogen-bond donors (Lipinski definition) is 1. The molecule has 1 aliphatic heterocycles. The Kier molecular flexibility index (Phi) is 6.43. The van der Waals surface area contributed by atoms with E-state index in [0.29, 0.717) is 5.92 Å². The Morgan fingerprint density at radius 2 is 1.68 bits per heavy atom. The Morgan fingerprint density at radius 3 is 2.29 bits per heavy atom. The molecule has 1 aliphatic carbocycles. The highest BCUT2D eigenvalue weighted by Crippen LogP contribution is 2.43. The van der Waals surface area contributed by atoms with E-state index in [4.69, 9.17) is 0 Å². The third-order valence-corrected chi connectivity index (χ3v) is 8.24. The smallest absolute Gasteiger partial charge is 0.244 e. The molecule has 0 bridgehead atoms. The predicted octanol–water partition coefficient (Wildman–Crippen LogP) is 3.66. The maximum absolute atomic E-state index is 13.1. The average molecular weight is 435 g/mol. The van der Waals surface area contributed by atoms with Crippen LogP contribution in [-0.4, -0.2) is 36.5 Å². The number of sulfonamides is 1. The van der Waals surface area contributed by atoms with E-state index in [2.05, 4.69) is 17.9 Å². The third kappa shape index (κ3) is 4.25. The van der Waals surface area contributed by atoms with Gasteiger partial charge in [0.1, 0.15) is 6.04 Å². The summed E-state index contributed by atoms with van der Waals surface area (Å²) in [4.78, 5) is 0.125. The van der Waals surface area contributed by atoms with Crippen LogP contribution in [0.5, 0.6) is 0 Å². The number of rotatable bonds is 4. The van der Waals surface area contributed by atoms with Crippen LogP contribution < -0.4 is 0 Å². The van der Waals surface area contributed by atoms with Gasteiger partial charge in [0, 0.05) is 17.4 Å². The van der Waals surface area contributed by atoms with Gasteiger partial charge in [0.05, 0.1) is 23.6 Å². The van der Waals surface area contributed by atoms with Crippen molar-refractivity contribution in [3.8, 4) is 17.9 Å². The van der Waals surface area contributed by atoms with E-state index in [0.717, 1.165) is 15.4 Å². The summed E-state index contributed by atoms with van der Waals surface area (Å²) in [5, 5.41) is 19.7. The molecule has 3 atom stereocenters. The topological polar surface area (TPSA) is 81.4 Å². The fourth-order valence-corrected chi connectivity index (χ4v) is 6.41. The number of aliphatic hydroxyl groups is 1. The van der Waals surface area contributed by atoms with Crippen LogP contribution in [0.2, 0.25) is 0 Å². The van der Waals surface area contributed by atoms with Crippen LogP contribution in [0.1, 0.15) is 49.1 Å². The van der Waals surface area contributed by atoms with Gasteiger partial charge in [-0.1, -0.05) is 61.4 Å². The Bertz CT molecular complexity index is 1110. The van der Waals surface area contributed by atoms with Crippen molar-refractivity contribution in [3.05, 3.63) is 65.7 Å². The second kappa shape index (κ2) is 9.24. The molecule has 0 aromatic heterocycles. The van der Waals surface area contributed by atoms with Crippen molar-refractivity contribution in [2.24, 2.45) is 5.92 Å². The van der Waals surface area contributed by atoms with Crippen LogP contribution in [0.3, 0.4) is 0 Å². The molecule has 0 radical (unpaired) electrons.